The van der Waals surface area contributed by atoms with Gasteiger partial charge in [0, 0.05) is 0 Å². The summed E-state index contributed by atoms with van der Waals surface area (Å²) in [5, 5.41) is 4.13. The van der Waals surface area contributed by atoms with E-state index in [4.69, 9.17) is 23.2 Å². The number of nitrogens with one attached hydrogen (secondary N) is 1. The predicted octanol–water partition coefficient (Wildman–Crippen LogP) is 5.12. The molecule has 4 rings (SSSR count). The van der Waals surface area contributed by atoms with Gasteiger partial charge in [-0.3, -0.25) is 0 Å². The van der Waals surface area contributed by atoms with E-state index in [2.05, 4.69) is 17.4 Å². The van der Waals surface area contributed by atoms with Crippen molar-refractivity contribution >= 4 is 23.2 Å². The Balaban J connectivity index is 0.000000408. The number of fused-ring (bicyclic) bond motifs is 3. The number of hydrogen-bond acceptors (Lipinski definition) is 1. The molecule has 2 bridgehead atoms. The standard InChI is InChI=1S/C14H16Cl2.C2H7N/c15-13-6-5-11(8-14(13)16)12-7-9-1-3-10(12)4-2-9;1-3-2/h5-6,8-10,12H,1-4,7H2;3H,1-2H3. The fourth-order valence-electron chi connectivity index (χ4n) is 3.53. The van der Waals surface area contributed by atoms with Crippen LogP contribution in [0.25, 0.3) is 0 Å². The Morgan fingerprint density at radius 1 is 1.00 bits per heavy atom. The molecule has 3 heteroatoms. The quantitative estimate of drug-likeness (QED) is 0.758. The summed E-state index contributed by atoms with van der Waals surface area (Å²) >= 11 is 12.1. The molecule has 1 aromatic carbocycles. The van der Waals surface area contributed by atoms with Gasteiger partial charge in [-0.1, -0.05) is 42.1 Å². The molecule has 1 atom stereocenters. The normalized spacial score (nSPS) is 28.7. The number of halogens is 2. The first-order valence-electron chi connectivity index (χ1n) is 7.19. The fourth-order valence-corrected chi connectivity index (χ4v) is 3.84. The maximum absolute atomic E-state index is 6.10. The summed E-state index contributed by atoms with van der Waals surface area (Å²) in [5.41, 5.74) is 1.41. The van der Waals surface area contributed by atoms with Crippen LogP contribution in [-0.2, 0) is 0 Å². The third-order valence-electron chi connectivity index (χ3n) is 4.42. The SMILES string of the molecule is CNC.Clc1ccc(C2CC3CCC2CC3)cc1Cl. The maximum Gasteiger partial charge on any atom is 0.0595 e. The van der Waals surface area contributed by atoms with Crippen LogP contribution in [0.15, 0.2) is 18.2 Å². The van der Waals surface area contributed by atoms with Crippen molar-refractivity contribution in [2.24, 2.45) is 11.8 Å². The minimum absolute atomic E-state index is 0.673. The molecule has 3 saturated carbocycles. The lowest BCUT2D eigenvalue weighted by Gasteiger charge is -2.42. The Labute approximate surface area is 126 Å². The minimum Gasteiger partial charge on any atom is -0.323 e. The van der Waals surface area contributed by atoms with Crippen molar-refractivity contribution in [3.05, 3.63) is 33.8 Å². The molecule has 1 aromatic rings. The Bertz CT molecular complexity index is 411. The summed E-state index contributed by atoms with van der Waals surface area (Å²) in [6.45, 7) is 0. The van der Waals surface area contributed by atoms with E-state index in [-0.39, 0.29) is 0 Å². The highest BCUT2D eigenvalue weighted by molar-refractivity contribution is 6.42. The largest absolute Gasteiger partial charge is 0.323 e. The van der Waals surface area contributed by atoms with Gasteiger partial charge in [0.1, 0.15) is 0 Å². The number of benzene rings is 1. The highest BCUT2D eigenvalue weighted by Gasteiger charge is 2.36. The van der Waals surface area contributed by atoms with Crippen molar-refractivity contribution < 1.29 is 0 Å². The third kappa shape index (κ3) is 3.65. The van der Waals surface area contributed by atoms with E-state index in [1.54, 1.807) is 0 Å². The molecule has 3 aliphatic carbocycles. The molecular weight excluding hydrogens is 277 g/mol. The topological polar surface area (TPSA) is 12.0 Å². The van der Waals surface area contributed by atoms with Crippen LogP contribution < -0.4 is 5.32 Å². The highest BCUT2D eigenvalue weighted by Crippen LogP contribution is 2.50. The van der Waals surface area contributed by atoms with E-state index in [0.717, 1.165) is 17.8 Å². The Kier molecular flexibility index (Phi) is 5.56. The maximum atomic E-state index is 6.10. The van der Waals surface area contributed by atoms with Crippen LogP contribution in [-0.4, -0.2) is 14.1 Å². The molecule has 106 valence electrons. The smallest absolute Gasteiger partial charge is 0.0595 e. The molecule has 0 radical (unpaired) electrons. The van der Waals surface area contributed by atoms with Crippen LogP contribution in [0, 0.1) is 11.8 Å². The first-order valence-corrected chi connectivity index (χ1v) is 7.94. The van der Waals surface area contributed by atoms with E-state index >= 15 is 0 Å². The third-order valence-corrected chi connectivity index (χ3v) is 5.16. The van der Waals surface area contributed by atoms with Gasteiger partial charge in [-0.25, -0.2) is 0 Å². The zero-order valence-corrected chi connectivity index (χ0v) is 13.3. The van der Waals surface area contributed by atoms with Gasteiger partial charge in [0.05, 0.1) is 10.0 Å². The van der Waals surface area contributed by atoms with Gasteiger partial charge >= 0.3 is 0 Å². The molecule has 0 amide bonds. The Morgan fingerprint density at radius 2 is 1.63 bits per heavy atom. The summed E-state index contributed by atoms with van der Waals surface area (Å²) in [5.74, 6) is 2.59. The summed E-state index contributed by atoms with van der Waals surface area (Å²) < 4.78 is 0. The zero-order chi connectivity index (χ0) is 13.8. The van der Waals surface area contributed by atoms with Crippen molar-refractivity contribution in [1.82, 2.24) is 5.32 Å². The Morgan fingerprint density at radius 3 is 2.11 bits per heavy atom. The van der Waals surface area contributed by atoms with Crippen molar-refractivity contribution in [2.45, 2.75) is 38.0 Å². The summed E-state index contributed by atoms with van der Waals surface area (Å²) in [4.78, 5) is 0. The van der Waals surface area contributed by atoms with Crippen molar-refractivity contribution in [1.29, 1.82) is 0 Å². The summed E-state index contributed by atoms with van der Waals surface area (Å²) in [6, 6.07) is 6.19. The fraction of sp³-hybridized carbons (Fsp3) is 0.625. The molecule has 1 N–H and O–H groups in total. The lowest BCUT2D eigenvalue weighted by atomic mass is 9.63. The first-order chi connectivity index (χ1) is 9.15. The lowest BCUT2D eigenvalue weighted by Crippen LogP contribution is -2.29. The van der Waals surface area contributed by atoms with Crippen molar-refractivity contribution in [3.63, 3.8) is 0 Å². The second-order valence-electron chi connectivity index (χ2n) is 5.80. The molecule has 1 unspecified atom stereocenters. The molecular formula is C16H23Cl2N. The molecule has 0 saturated heterocycles. The van der Waals surface area contributed by atoms with E-state index in [0.29, 0.717) is 10.0 Å². The Hall–Kier alpha value is -0.240. The van der Waals surface area contributed by atoms with Gasteiger partial charge in [0.25, 0.3) is 0 Å². The van der Waals surface area contributed by atoms with Crippen LogP contribution in [0.3, 0.4) is 0 Å². The molecule has 1 nitrogen and oxygen atoms in total. The summed E-state index contributed by atoms with van der Waals surface area (Å²) in [6.07, 6.45) is 7.08. The second-order valence-corrected chi connectivity index (χ2v) is 6.61. The van der Waals surface area contributed by atoms with E-state index in [9.17, 15) is 0 Å². The number of hydrogen-bond donors (Lipinski definition) is 1. The predicted molar refractivity (Wildman–Crippen MR) is 84.3 cm³/mol. The average Bonchev–Trinajstić information content (AvgIpc) is 2.44. The van der Waals surface area contributed by atoms with Gasteiger partial charge < -0.3 is 5.32 Å². The van der Waals surface area contributed by atoms with E-state index in [1.165, 1.54) is 37.7 Å². The average molecular weight is 300 g/mol. The van der Waals surface area contributed by atoms with E-state index in [1.807, 2.05) is 20.2 Å². The molecule has 0 aromatic heterocycles. The first kappa shape index (κ1) is 15.2. The summed E-state index contributed by atoms with van der Waals surface area (Å²) in [7, 11) is 3.75. The molecule has 3 aliphatic rings. The molecule has 0 heterocycles. The molecule has 0 aliphatic heterocycles. The van der Waals surface area contributed by atoms with Gasteiger partial charge in [-0.2, -0.15) is 0 Å². The molecule has 19 heavy (non-hydrogen) atoms. The van der Waals surface area contributed by atoms with Crippen LogP contribution in [0.1, 0.15) is 43.6 Å². The number of rotatable bonds is 1. The van der Waals surface area contributed by atoms with E-state index < -0.39 is 0 Å². The second kappa shape index (κ2) is 6.97. The molecule has 0 spiro atoms. The van der Waals surface area contributed by atoms with Crippen LogP contribution >= 0.6 is 23.2 Å². The van der Waals surface area contributed by atoms with Gasteiger partial charge in [0.15, 0.2) is 0 Å². The zero-order valence-electron chi connectivity index (χ0n) is 11.8. The van der Waals surface area contributed by atoms with Crippen molar-refractivity contribution in [3.8, 4) is 0 Å². The van der Waals surface area contributed by atoms with Gasteiger partial charge in [-0.05, 0) is 68.8 Å². The van der Waals surface area contributed by atoms with Crippen LogP contribution in [0.4, 0.5) is 0 Å². The monoisotopic (exact) mass is 299 g/mol. The van der Waals surface area contributed by atoms with Gasteiger partial charge in [0.2, 0.25) is 0 Å². The highest BCUT2D eigenvalue weighted by atomic mass is 35.5. The van der Waals surface area contributed by atoms with Gasteiger partial charge in [-0.15, -0.1) is 0 Å². The van der Waals surface area contributed by atoms with Crippen molar-refractivity contribution in [2.75, 3.05) is 14.1 Å². The van der Waals surface area contributed by atoms with Crippen LogP contribution in [0.5, 0.6) is 0 Å². The van der Waals surface area contributed by atoms with Crippen LogP contribution in [0.2, 0.25) is 10.0 Å². The lowest BCUT2D eigenvalue weighted by molar-refractivity contribution is 0.145. The molecule has 3 fully saturated rings. The minimum atomic E-state index is 0.673.